The summed E-state index contributed by atoms with van der Waals surface area (Å²) in [5.74, 6) is -0.343. The van der Waals surface area contributed by atoms with Crippen molar-refractivity contribution in [1.82, 2.24) is 15.8 Å². The molecule has 3 N–H and O–H groups in total. The van der Waals surface area contributed by atoms with Gasteiger partial charge in [0, 0.05) is 25.7 Å². The number of amides is 2. The minimum Gasteiger partial charge on any atom is -0.487 e. The van der Waals surface area contributed by atoms with Crippen LogP contribution in [0.5, 0.6) is 5.75 Å². The summed E-state index contributed by atoms with van der Waals surface area (Å²) in [5, 5.41) is 17.1. The Morgan fingerprint density at radius 3 is 2.56 bits per heavy atom. The average molecular weight is 368 g/mol. The molecule has 0 atom stereocenters. The first-order valence-corrected chi connectivity index (χ1v) is 8.41. The summed E-state index contributed by atoms with van der Waals surface area (Å²) in [7, 11) is 1.56. The van der Waals surface area contributed by atoms with Crippen molar-refractivity contribution in [2.24, 2.45) is 5.10 Å². The Labute approximate surface area is 156 Å². The first-order chi connectivity index (χ1) is 13.1. The maximum atomic E-state index is 12.7. The molecule has 2 aromatic rings. The zero-order valence-electron chi connectivity index (χ0n) is 14.8. The summed E-state index contributed by atoms with van der Waals surface area (Å²) in [5.41, 5.74) is 3.03. The molecule has 1 saturated heterocycles. The van der Waals surface area contributed by atoms with Gasteiger partial charge in [-0.3, -0.25) is 14.8 Å². The molecule has 0 aliphatic carbocycles. The average Bonchev–Trinajstić information content (AvgIpc) is 2.68. The molecule has 0 unspecified atom stereocenters. The SMILES string of the molecule is CN(/N=C/c1ccc(C(=O)NO)cc1)C(=O)c1ccccc1OC1CNC1. The fourth-order valence-corrected chi connectivity index (χ4v) is 2.44. The van der Waals surface area contributed by atoms with Crippen LogP contribution in [0.1, 0.15) is 26.3 Å². The van der Waals surface area contributed by atoms with Gasteiger partial charge in [0.1, 0.15) is 11.9 Å². The highest BCUT2D eigenvalue weighted by Gasteiger charge is 2.22. The lowest BCUT2D eigenvalue weighted by Gasteiger charge is -2.28. The summed E-state index contributed by atoms with van der Waals surface area (Å²) in [6.45, 7) is 1.53. The van der Waals surface area contributed by atoms with Crippen molar-refractivity contribution in [3.63, 3.8) is 0 Å². The van der Waals surface area contributed by atoms with Gasteiger partial charge in [-0.15, -0.1) is 0 Å². The fraction of sp³-hybridized carbons (Fsp3) is 0.211. The van der Waals surface area contributed by atoms with Gasteiger partial charge in [0.15, 0.2) is 0 Å². The van der Waals surface area contributed by atoms with Crippen LogP contribution in [0, 0.1) is 0 Å². The molecule has 8 heteroatoms. The number of benzene rings is 2. The summed E-state index contributed by atoms with van der Waals surface area (Å²) >= 11 is 0. The highest BCUT2D eigenvalue weighted by molar-refractivity contribution is 5.97. The van der Waals surface area contributed by atoms with Crippen molar-refractivity contribution in [2.75, 3.05) is 20.1 Å². The van der Waals surface area contributed by atoms with Gasteiger partial charge >= 0.3 is 0 Å². The zero-order valence-corrected chi connectivity index (χ0v) is 14.8. The monoisotopic (exact) mass is 368 g/mol. The topological polar surface area (TPSA) is 103 Å². The molecule has 0 spiro atoms. The van der Waals surface area contributed by atoms with E-state index in [1.165, 1.54) is 11.2 Å². The molecule has 0 aromatic heterocycles. The number of hydroxylamine groups is 1. The van der Waals surface area contributed by atoms with E-state index in [2.05, 4.69) is 10.4 Å². The quantitative estimate of drug-likeness (QED) is 0.405. The maximum Gasteiger partial charge on any atom is 0.277 e. The third-order valence-electron chi connectivity index (χ3n) is 4.10. The Bertz CT molecular complexity index is 847. The smallest absolute Gasteiger partial charge is 0.277 e. The van der Waals surface area contributed by atoms with Gasteiger partial charge in [0.25, 0.3) is 11.8 Å². The molecule has 1 aliphatic heterocycles. The normalized spacial score (nSPS) is 13.9. The van der Waals surface area contributed by atoms with E-state index in [0.29, 0.717) is 22.4 Å². The van der Waals surface area contributed by atoms with E-state index in [9.17, 15) is 9.59 Å². The molecule has 3 rings (SSSR count). The molecular weight excluding hydrogens is 348 g/mol. The molecule has 2 amide bonds. The molecular formula is C19H20N4O4. The molecule has 1 fully saturated rings. The van der Waals surface area contributed by atoms with Crippen molar-refractivity contribution >= 4 is 18.0 Å². The van der Waals surface area contributed by atoms with Crippen LogP contribution in [0.2, 0.25) is 0 Å². The largest absolute Gasteiger partial charge is 0.487 e. The van der Waals surface area contributed by atoms with Gasteiger partial charge in [-0.1, -0.05) is 24.3 Å². The van der Waals surface area contributed by atoms with Crippen LogP contribution in [0.25, 0.3) is 0 Å². The molecule has 1 heterocycles. The van der Waals surface area contributed by atoms with Crippen molar-refractivity contribution in [3.8, 4) is 5.75 Å². The Balaban J connectivity index is 1.68. The number of para-hydroxylation sites is 1. The van der Waals surface area contributed by atoms with E-state index < -0.39 is 5.91 Å². The molecule has 0 saturated carbocycles. The first-order valence-electron chi connectivity index (χ1n) is 8.41. The highest BCUT2D eigenvalue weighted by Crippen LogP contribution is 2.22. The summed E-state index contributed by atoms with van der Waals surface area (Å²) in [6, 6.07) is 13.5. The number of hydrogen-bond donors (Lipinski definition) is 3. The molecule has 27 heavy (non-hydrogen) atoms. The van der Waals surface area contributed by atoms with Gasteiger partial charge in [-0.25, -0.2) is 10.5 Å². The number of hydrazone groups is 1. The predicted molar refractivity (Wildman–Crippen MR) is 99.1 cm³/mol. The Morgan fingerprint density at radius 2 is 1.93 bits per heavy atom. The van der Waals surface area contributed by atoms with Crippen LogP contribution >= 0.6 is 0 Å². The van der Waals surface area contributed by atoms with Crippen LogP contribution in [0.3, 0.4) is 0 Å². The summed E-state index contributed by atoms with van der Waals surface area (Å²) in [6.07, 6.45) is 1.58. The Kier molecular flexibility index (Phi) is 5.80. The van der Waals surface area contributed by atoms with Crippen molar-refractivity contribution < 1.29 is 19.5 Å². The van der Waals surface area contributed by atoms with Gasteiger partial charge in [0.05, 0.1) is 11.8 Å². The van der Waals surface area contributed by atoms with Crippen molar-refractivity contribution in [2.45, 2.75) is 6.10 Å². The van der Waals surface area contributed by atoms with E-state index in [4.69, 9.17) is 9.94 Å². The van der Waals surface area contributed by atoms with E-state index >= 15 is 0 Å². The summed E-state index contributed by atoms with van der Waals surface area (Å²) < 4.78 is 5.84. The number of nitrogens with one attached hydrogen (secondary N) is 2. The fourth-order valence-electron chi connectivity index (χ4n) is 2.44. The molecule has 0 radical (unpaired) electrons. The van der Waals surface area contributed by atoms with Gasteiger partial charge < -0.3 is 10.1 Å². The number of hydrogen-bond acceptors (Lipinski definition) is 6. The molecule has 1 aliphatic rings. The second-order valence-electron chi connectivity index (χ2n) is 6.03. The number of rotatable bonds is 6. The van der Waals surface area contributed by atoms with Gasteiger partial charge in [-0.2, -0.15) is 5.10 Å². The summed E-state index contributed by atoms with van der Waals surface area (Å²) in [4.78, 5) is 24.0. The van der Waals surface area contributed by atoms with Crippen LogP contribution in [0.4, 0.5) is 0 Å². The van der Waals surface area contributed by atoms with Crippen LogP contribution in [-0.2, 0) is 0 Å². The third-order valence-corrected chi connectivity index (χ3v) is 4.10. The number of carbonyl (C=O) groups is 2. The molecule has 140 valence electrons. The molecule has 2 aromatic carbocycles. The van der Waals surface area contributed by atoms with Gasteiger partial charge in [0.2, 0.25) is 0 Å². The standard InChI is InChI=1S/C19H20N4O4/c1-23(21-10-13-6-8-14(9-7-13)18(24)22-26)19(25)16-4-2-3-5-17(16)27-15-11-20-12-15/h2-10,15,20,26H,11-12H2,1H3,(H,22,24)/b21-10+. The van der Waals surface area contributed by atoms with Crippen molar-refractivity contribution in [1.29, 1.82) is 0 Å². The Hall–Kier alpha value is -3.23. The first kappa shape index (κ1) is 18.6. The van der Waals surface area contributed by atoms with Crippen LogP contribution in [-0.4, -0.2) is 54.5 Å². The second-order valence-corrected chi connectivity index (χ2v) is 6.03. The minimum atomic E-state index is -0.593. The number of ether oxygens (including phenoxy) is 1. The lowest BCUT2D eigenvalue weighted by molar-refractivity contribution is 0.0706. The second kappa shape index (κ2) is 8.43. The molecule has 8 nitrogen and oxygen atoms in total. The van der Waals surface area contributed by atoms with E-state index in [-0.39, 0.29) is 12.0 Å². The molecule has 0 bridgehead atoms. The van der Waals surface area contributed by atoms with E-state index in [1.54, 1.807) is 55.0 Å². The number of nitrogens with zero attached hydrogens (tertiary/aromatic N) is 2. The Morgan fingerprint density at radius 1 is 1.22 bits per heavy atom. The van der Waals surface area contributed by atoms with Crippen LogP contribution < -0.4 is 15.5 Å². The van der Waals surface area contributed by atoms with Crippen molar-refractivity contribution in [3.05, 3.63) is 65.2 Å². The lowest BCUT2D eigenvalue weighted by atomic mass is 10.1. The van der Waals surface area contributed by atoms with Gasteiger partial charge in [-0.05, 0) is 29.8 Å². The maximum absolute atomic E-state index is 12.7. The third kappa shape index (κ3) is 4.49. The van der Waals surface area contributed by atoms with Crippen LogP contribution in [0.15, 0.2) is 53.6 Å². The van der Waals surface area contributed by atoms with E-state index in [0.717, 1.165) is 13.1 Å². The highest BCUT2D eigenvalue weighted by atomic mass is 16.5. The number of carbonyl (C=O) groups excluding carboxylic acids is 2. The lowest BCUT2D eigenvalue weighted by Crippen LogP contribution is -2.50. The minimum absolute atomic E-state index is 0.0717. The predicted octanol–water partition coefficient (Wildman–Crippen LogP) is 1.26. The zero-order chi connectivity index (χ0) is 19.2. The van der Waals surface area contributed by atoms with E-state index in [1.807, 2.05) is 6.07 Å².